The molecule has 1 aromatic heterocycles. The van der Waals surface area contributed by atoms with E-state index >= 15 is 0 Å². The van der Waals surface area contributed by atoms with Crippen LogP contribution in [0.15, 0.2) is 46.0 Å². The van der Waals surface area contributed by atoms with Crippen LogP contribution in [0.1, 0.15) is 25.0 Å². The second-order valence-electron chi connectivity index (χ2n) is 6.88. The molecule has 0 unspecified atom stereocenters. The number of nitrogens with zero attached hydrogens (tertiary/aromatic N) is 6. The highest BCUT2D eigenvalue weighted by Crippen LogP contribution is 2.25. The minimum absolute atomic E-state index is 0.0498. The van der Waals surface area contributed by atoms with Crippen molar-refractivity contribution in [3.63, 3.8) is 0 Å². The summed E-state index contributed by atoms with van der Waals surface area (Å²) in [6.07, 6.45) is 1.45. The summed E-state index contributed by atoms with van der Waals surface area (Å²) in [4.78, 5) is 26.0. The van der Waals surface area contributed by atoms with Crippen LogP contribution in [0.3, 0.4) is 0 Å². The molecule has 3 rings (SSSR count). The van der Waals surface area contributed by atoms with Gasteiger partial charge in [-0.2, -0.15) is 20.1 Å². The van der Waals surface area contributed by atoms with Gasteiger partial charge in [-0.05, 0) is 60.5 Å². The van der Waals surface area contributed by atoms with Gasteiger partial charge < -0.3 is 10.2 Å². The smallest absolute Gasteiger partial charge is 0.284 e. The van der Waals surface area contributed by atoms with Crippen molar-refractivity contribution in [1.29, 1.82) is 0 Å². The first-order valence-electron chi connectivity index (χ1n) is 10.1. The van der Waals surface area contributed by atoms with Crippen molar-refractivity contribution in [3.8, 4) is 0 Å². The Hall–Kier alpha value is -3.31. The van der Waals surface area contributed by atoms with Gasteiger partial charge >= 0.3 is 0 Å². The molecule has 2 N–H and O–H groups in total. The van der Waals surface area contributed by atoms with E-state index in [1.165, 1.54) is 12.3 Å². The van der Waals surface area contributed by atoms with Gasteiger partial charge in [0.15, 0.2) is 0 Å². The van der Waals surface area contributed by atoms with Crippen LogP contribution in [0.25, 0.3) is 0 Å². The molecule has 0 fully saturated rings. The largest absolute Gasteiger partial charge is 0.341 e. The van der Waals surface area contributed by atoms with Gasteiger partial charge in [0.1, 0.15) is 0 Å². The number of anilines is 4. The molecule has 33 heavy (non-hydrogen) atoms. The van der Waals surface area contributed by atoms with Crippen molar-refractivity contribution < 1.29 is 4.92 Å². The summed E-state index contributed by atoms with van der Waals surface area (Å²) in [5.41, 5.74) is 4.97. The van der Waals surface area contributed by atoms with Crippen molar-refractivity contribution in [1.82, 2.24) is 15.0 Å². The Bertz CT molecular complexity index is 1190. The molecule has 0 aliphatic rings. The van der Waals surface area contributed by atoms with Gasteiger partial charge in [0.25, 0.3) is 5.69 Å². The van der Waals surface area contributed by atoms with Crippen molar-refractivity contribution in [2.75, 3.05) is 28.7 Å². The first-order valence-corrected chi connectivity index (χ1v) is 11.2. The number of hydrazone groups is 1. The average molecular weight is 534 g/mol. The normalized spacial score (nSPS) is 10.9. The van der Waals surface area contributed by atoms with Crippen molar-refractivity contribution in [2.24, 2.45) is 5.10 Å². The Morgan fingerprint density at radius 2 is 1.88 bits per heavy atom. The third kappa shape index (κ3) is 6.36. The maximum Gasteiger partial charge on any atom is 0.284 e. The van der Waals surface area contributed by atoms with Crippen LogP contribution in [-0.4, -0.2) is 39.2 Å². The van der Waals surface area contributed by atoms with Gasteiger partial charge in [-0.3, -0.25) is 10.1 Å². The van der Waals surface area contributed by atoms with Crippen molar-refractivity contribution in [3.05, 3.63) is 67.1 Å². The molecule has 3 aromatic rings. The zero-order valence-electron chi connectivity index (χ0n) is 18.2. The number of nitro groups is 1. The number of nitro benzene ring substituents is 1. The predicted octanol–water partition coefficient (Wildman–Crippen LogP) is 5.54. The van der Waals surface area contributed by atoms with Crippen LogP contribution in [0.2, 0.25) is 5.02 Å². The van der Waals surface area contributed by atoms with Crippen LogP contribution in [0, 0.1) is 17.0 Å². The number of aryl methyl sites for hydroxylation is 1. The Kier molecular flexibility index (Phi) is 8.12. The lowest BCUT2D eigenvalue weighted by molar-refractivity contribution is -0.385. The molecule has 0 saturated carbocycles. The summed E-state index contributed by atoms with van der Waals surface area (Å²) in [6.45, 7) is 7.36. The summed E-state index contributed by atoms with van der Waals surface area (Å²) in [5.74, 6) is 1.02. The third-order valence-corrected chi connectivity index (χ3v) is 5.72. The van der Waals surface area contributed by atoms with Crippen LogP contribution < -0.4 is 15.6 Å². The topological polar surface area (TPSA) is 121 Å². The van der Waals surface area contributed by atoms with E-state index < -0.39 is 4.92 Å². The highest BCUT2D eigenvalue weighted by atomic mass is 79.9. The third-order valence-electron chi connectivity index (χ3n) is 4.64. The standard InChI is InChI=1S/C21H22BrClN8O2/c1-4-30(5-2)21-27-19(25-15-8-6-13(3)17(23)11-15)26-20(28-21)29-24-12-14-7-9-16(22)18(10-14)31(32)33/h6-12H,4-5H2,1-3H3,(H2,25,26,27,28,29). The second kappa shape index (κ2) is 11.0. The van der Waals surface area contributed by atoms with Crippen LogP contribution in [-0.2, 0) is 0 Å². The maximum atomic E-state index is 11.1. The molecule has 0 atom stereocenters. The molecule has 10 nitrogen and oxygen atoms in total. The number of benzene rings is 2. The average Bonchev–Trinajstić information content (AvgIpc) is 2.78. The number of halogens is 2. The van der Waals surface area contributed by atoms with E-state index in [1.807, 2.05) is 37.8 Å². The van der Waals surface area contributed by atoms with Gasteiger partial charge in [0, 0.05) is 35.4 Å². The summed E-state index contributed by atoms with van der Waals surface area (Å²) >= 11 is 9.39. The molecule has 0 aliphatic heterocycles. The monoisotopic (exact) mass is 532 g/mol. The van der Waals surface area contributed by atoms with Gasteiger partial charge in [-0.1, -0.05) is 23.7 Å². The van der Waals surface area contributed by atoms with Gasteiger partial charge in [0.05, 0.1) is 15.6 Å². The van der Waals surface area contributed by atoms with E-state index in [1.54, 1.807) is 18.2 Å². The predicted molar refractivity (Wildman–Crippen MR) is 135 cm³/mol. The first kappa shape index (κ1) is 24.3. The van der Waals surface area contributed by atoms with Crippen LogP contribution in [0.5, 0.6) is 0 Å². The number of hydrogen-bond donors (Lipinski definition) is 2. The fourth-order valence-electron chi connectivity index (χ4n) is 2.83. The molecular weight excluding hydrogens is 512 g/mol. The van der Waals surface area contributed by atoms with E-state index in [4.69, 9.17) is 11.6 Å². The molecule has 0 spiro atoms. The first-order chi connectivity index (χ1) is 15.8. The zero-order chi connectivity index (χ0) is 24.0. The minimum Gasteiger partial charge on any atom is -0.341 e. The minimum atomic E-state index is -0.466. The van der Waals surface area contributed by atoms with Crippen LogP contribution in [0.4, 0.5) is 29.2 Å². The lowest BCUT2D eigenvalue weighted by Crippen LogP contribution is -2.25. The molecule has 1 heterocycles. The SMILES string of the molecule is CCN(CC)c1nc(NN=Cc2ccc(Br)c([N+](=O)[O-])c2)nc(Nc2ccc(C)c(Cl)c2)n1. The quantitative estimate of drug-likeness (QED) is 0.209. The Labute approximate surface area is 204 Å². The second-order valence-corrected chi connectivity index (χ2v) is 8.14. The highest BCUT2D eigenvalue weighted by molar-refractivity contribution is 9.10. The van der Waals surface area contributed by atoms with Gasteiger partial charge in [-0.15, -0.1) is 0 Å². The molecule has 0 aliphatic carbocycles. The molecule has 0 radical (unpaired) electrons. The summed E-state index contributed by atoms with van der Waals surface area (Å²) in [5, 5.41) is 19.0. The molecule has 172 valence electrons. The Morgan fingerprint density at radius 1 is 1.15 bits per heavy atom. The van der Waals surface area contributed by atoms with E-state index in [2.05, 4.69) is 46.7 Å². The van der Waals surface area contributed by atoms with E-state index in [0.29, 0.717) is 40.0 Å². The Morgan fingerprint density at radius 3 is 2.55 bits per heavy atom. The lowest BCUT2D eigenvalue weighted by atomic mass is 10.2. The Balaban J connectivity index is 1.87. The van der Waals surface area contributed by atoms with E-state index in [0.717, 1.165) is 11.3 Å². The number of aromatic nitrogens is 3. The lowest BCUT2D eigenvalue weighted by Gasteiger charge is -2.19. The molecule has 12 heteroatoms. The fraction of sp³-hybridized carbons (Fsp3) is 0.238. The maximum absolute atomic E-state index is 11.1. The molecule has 2 aromatic carbocycles. The molecule has 0 saturated heterocycles. The summed E-state index contributed by atoms with van der Waals surface area (Å²) in [7, 11) is 0. The number of rotatable bonds is 9. The highest BCUT2D eigenvalue weighted by Gasteiger charge is 2.13. The number of nitrogens with one attached hydrogen (secondary N) is 2. The molecule has 0 amide bonds. The molecule has 0 bridgehead atoms. The van der Waals surface area contributed by atoms with E-state index in [-0.39, 0.29) is 11.6 Å². The van der Waals surface area contributed by atoms with Gasteiger partial charge in [0.2, 0.25) is 17.8 Å². The van der Waals surface area contributed by atoms with Crippen molar-refractivity contribution >= 4 is 63.0 Å². The van der Waals surface area contributed by atoms with Gasteiger partial charge in [-0.25, -0.2) is 5.43 Å². The fourth-order valence-corrected chi connectivity index (χ4v) is 3.40. The van der Waals surface area contributed by atoms with Crippen LogP contribution >= 0.6 is 27.5 Å². The van der Waals surface area contributed by atoms with Crippen molar-refractivity contribution in [2.45, 2.75) is 20.8 Å². The number of hydrogen-bond acceptors (Lipinski definition) is 9. The molecular formula is C21H22BrClN8O2. The summed E-state index contributed by atoms with van der Waals surface area (Å²) in [6, 6.07) is 10.3. The zero-order valence-corrected chi connectivity index (χ0v) is 20.6. The van der Waals surface area contributed by atoms with E-state index in [9.17, 15) is 10.1 Å². The summed E-state index contributed by atoms with van der Waals surface area (Å²) < 4.78 is 0.394.